The van der Waals surface area contributed by atoms with Gasteiger partial charge in [0.25, 0.3) is 0 Å². The summed E-state index contributed by atoms with van der Waals surface area (Å²) < 4.78 is 280. The molecule has 0 aliphatic rings. The lowest BCUT2D eigenvalue weighted by atomic mass is 9.83. The van der Waals surface area contributed by atoms with Crippen molar-refractivity contribution >= 4 is 75.8 Å². The predicted molar refractivity (Wildman–Crippen MR) is 218 cm³/mol. The van der Waals surface area contributed by atoms with Crippen molar-refractivity contribution in [3.05, 3.63) is 181 Å². The van der Waals surface area contributed by atoms with E-state index in [2.05, 4.69) is 0 Å². The van der Waals surface area contributed by atoms with Gasteiger partial charge in [0.05, 0.1) is 41.1 Å². The Morgan fingerprint density at radius 2 is 0.706 bits per heavy atom. The van der Waals surface area contributed by atoms with Crippen molar-refractivity contribution in [2.45, 2.75) is 0 Å². The molecule has 0 aliphatic heterocycles. The number of rotatable bonds is 3. The second-order valence-corrected chi connectivity index (χ2v) is 11.3. The van der Waals surface area contributed by atoms with Gasteiger partial charge in [-0.15, -0.1) is 0 Å². The molecule has 11 aromatic rings. The van der Waals surface area contributed by atoms with Crippen molar-refractivity contribution in [1.82, 2.24) is 0 Å². The Morgan fingerprint density at radius 1 is 0.294 bits per heavy atom. The Morgan fingerprint density at radius 3 is 1.35 bits per heavy atom. The molecule has 236 valence electrons. The lowest BCUT2D eigenvalue weighted by Crippen LogP contribution is -1.92. The molecular weight excluding hydrogens is 617 g/mol. The minimum atomic E-state index is -1.12. The average Bonchev–Trinajstić information content (AvgIpc) is 2.14. The number of benzene rings is 10. The van der Waals surface area contributed by atoms with Crippen LogP contribution in [0.3, 0.4) is 0 Å². The van der Waals surface area contributed by atoms with Crippen LogP contribution in [-0.2, 0) is 0 Å². The summed E-state index contributed by atoms with van der Waals surface area (Å²) in [5.41, 5.74) is -6.04. The average molecular weight is 677 g/mol. The van der Waals surface area contributed by atoms with E-state index in [-0.39, 0.29) is 0 Å². The summed E-state index contributed by atoms with van der Waals surface area (Å²) in [7, 11) is 0. The van der Waals surface area contributed by atoms with E-state index in [0.29, 0.717) is 0 Å². The van der Waals surface area contributed by atoms with Crippen molar-refractivity contribution in [3.63, 3.8) is 0 Å². The van der Waals surface area contributed by atoms with Crippen LogP contribution < -0.4 is 0 Å². The first kappa shape index (κ1) is 11.7. The molecule has 0 saturated heterocycles. The number of furan rings is 1. The molecule has 0 radical (unpaired) electrons. The second-order valence-electron chi connectivity index (χ2n) is 11.3. The van der Waals surface area contributed by atoms with Gasteiger partial charge < -0.3 is 4.42 Å². The van der Waals surface area contributed by atoms with Crippen LogP contribution in [0.25, 0.3) is 109 Å². The maximum atomic E-state index is 9.69. The normalized spacial score (nSPS) is 20.2. The van der Waals surface area contributed by atoms with E-state index in [9.17, 15) is 17.8 Å². The first-order chi connectivity index (χ1) is 37.8. The smallest absolute Gasteiger partial charge is 0.143 e. The molecular formula is C50H30O. The monoisotopic (exact) mass is 676 g/mol. The van der Waals surface area contributed by atoms with Crippen molar-refractivity contribution < 1.29 is 45.5 Å². The molecule has 11 rings (SSSR count). The van der Waals surface area contributed by atoms with Gasteiger partial charge >= 0.3 is 0 Å². The maximum absolute atomic E-state index is 9.69. The quantitative estimate of drug-likeness (QED) is 0.170. The summed E-state index contributed by atoms with van der Waals surface area (Å²) in [6.45, 7) is 0. The highest BCUT2D eigenvalue weighted by Crippen LogP contribution is 2.48. The van der Waals surface area contributed by atoms with E-state index in [0.717, 1.165) is 0 Å². The minimum Gasteiger partial charge on any atom is -0.455 e. The first-order valence-electron chi connectivity index (χ1n) is 30.2. The predicted octanol–water partition coefficient (Wildman–Crippen LogP) is 14.4. The number of hydrogen-bond acceptors (Lipinski definition) is 1. The van der Waals surface area contributed by atoms with E-state index in [1.807, 2.05) is 0 Å². The van der Waals surface area contributed by atoms with Crippen LogP contribution in [0.1, 0.15) is 41.1 Å². The maximum Gasteiger partial charge on any atom is 0.143 e. The standard InChI is InChI=1S/C50H30O/c1-3-16-33-31(13-1)15-9-25-38(33)47-40-18-5-7-20-42(40)48(43-21-8-6-19-41(43)47)39-26-11-22-35-36(39)23-10-24-37(35)44-27-12-28-45-49-34-17-4-2-14-32(34)29-30-46(49)51-50(44)45/h1-30H/i1D,2D,3D,4D,5D,6D,7D,8D,9D,10D,11D,12D,13D,14D,15D,16D,17D,18D,19D,20D,21D,22D,23D,24D,25D,26D,27D,28D,29D,30D. The number of fused-ring (bicyclic) bond motifs is 9. The Labute approximate surface area is 336 Å². The van der Waals surface area contributed by atoms with Crippen LogP contribution in [0.2, 0.25) is 0 Å². The molecule has 1 aromatic heterocycles. The molecule has 0 N–H and O–H groups in total. The van der Waals surface area contributed by atoms with Gasteiger partial charge in [0.1, 0.15) is 11.2 Å². The number of para-hydroxylation sites is 1. The molecule has 0 atom stereocenters. The van der Waals surface area contributed by atoms with Crippen molar-refractivity contribution in [2.24, 2.45) is 0 Å². The molecule has 1 heterocycles. The van der Waals surface area contributed by atoms with Crippen molar-refractivity contribution in [2.75, 3.05) is 0 Å². The van der Waals surface area contributed by atoms with E-state index >= 15 is 0 Å². The second kappa shape index (κ2) is 10.9. The molecule has 0 unspecified atom stereocenters. The summed E-state index contributed by atoms with van der Waals surface area (Å²) >= 11 is 0. The molecule has 1 nitrogen and oxygen atoms in total. The Bertz CT molecular complexity index is 4840. The largest absolute Gasteiger partial charge is 0.455 e. The summed E-state index contributed by atoms with van der Waals surface area (Å²) in [6.07, 6.45) is 0. The van der Waals surface area contributed by atoms with Crippen LogP contribution in [0.4, 0.5) is 0 Å². The van der Waals surface area contributed by atoms with Gasteiger partial charge in [-0.3, -0.25) is 0 Å². The fraction of sp³-hybridized carbons (Fsp3) is 0. The Hall–Kier alpha value is -6.70. The van der Waals surface area contributed by atoms with Crippen LogP contribution in [-0.4, -0.2) is 0 Å². The Balaban J connectivity index is 1.45. The lowest BCUT2D eigenvalue weighted by Gasteiger charge is -2.20. The molecule has 1 heteroatoms. The third kappa shape index (κ3) is 4.09. The highest BCUT2D eigenvalue weighted by molar-refractivity contribution is 6.26. The molecule has 0 aliphatic carbocycles. The van der Waals surface area contributed by atoms with E-state index in [1.54, 1.807) is 0 Å². The summed E-state index contributed by atoms with van der Waals surface area (Å²) in [6, 6.07) is -28.8. The number of hydrogen-bond donors (Lipinski definition) is 0. The molecule has 0 fully saturated rings. The van der Waals surface area contributed by atoms with Gasteiger partial charge in [-0.2, -0.15) is 0 Å². The molecule has 0 spiro atoms. The van der Waals surface area contributed by atoms with Gasteiger partial charge in [0.15, 0.2) is 0 Å². The topological polar surface area (TPSA) is 13.1 Å². The van der Waals surface area contributed by atoms with Crippen molar-refractivity contribution in [3.8, 4) is 33.4 Å². The lowest BCUT2D eigenvalue weighted by molar-refractivity contribution is 0.670. The van der Waals surface area contributed by atoms with E-state index in [4.69, 9.17) is 27.7 Å². The third-order valence-corrected chi connectivity index (χ3v) is 8.69. The van der Waals surface area contributed by atoms with Crippen LogP contribution in [0, 0.1) is 0 Å². The zero-order valence-corrected chi connectivity index (χ0v) is 25.4. The van der Waals surface area contributed by atoms with E-state index in [1.165, 1.54) is 0 Å². The zero-order valence-electron chi connectivity index (χ0n) is 55.4. The molecule has 0 amide bonds. The third-order valence-electron chi connectivity index (χ3n) is 8.69. The van der Waals surface area contributed by atoms with Gasteiger partial charge in [-0.1, -0.05) is 175 Å². The van der Waals surface area contributed by atoms with E-state index < -0.39 is 290 Å². The minimum absolute atomic E-state index is 0.413. The van der Waals surface area contributed by atoms with Crippen LogP contribution >= 0.6 is 0 Å². The van der Waals surface area contributed by atoms with Crippen LogP contribution in [0.5, 0.6) is 0 Å². The summed E-state index contributed by atoms with van der Waals surface area (Å²) in [4.78, 5) is 0. The highest BCUT2D eigenvalue weighted by atomic mass is 16.3. The van der Waals surface area contributed by atoms with Gasteiger partial charge in [-0.25, -0.2) is 0 Å². The molecule has 0 bridgehead atoms. The van der Waals surface area contributed by atoms with Gasteiger partial charge in [0.2, 0.25) is 0 Å². The highest BCUT2D eigenvalue weighted by Gasteiger charge is 2.21. The van der Waals surface area contributed by atoms with Gasteiger partial charge in [0, 0.05) is 16.3 Å². The summed E-state index contributed by atoms with van der Waals surface area (Å²) in [5, 5.41) is -8.02. The fourth-order valence-corrected chi connectivity index (χ4v) is 6.59. The first-order valence-corrected chi connectivity index (χ1v) is 15.2. The van der Waals surface area contributed by atoms with Crippen molar-refractivity contribution in [1.29, 1.82) is 0 Å². The Kier molecular flexibility index (Phi) is 2.50. The molecule has 51 heavy (non-hydrogen) atoms. The molecule has 10 aromatic carbocycles. The fourth-order valence-electron chi connectivity index (χ4n) is 6.59. The van der Waals surface area contributed by atoms with Crippen LogP contribution in [0.15, 0.2) is 186 Å². The van der Waals surface area contributed by atoms with Gasteiger partial charge in [-0.05, 0) is 87.7 Å². The summed E-state index contributed by atoms with van der Waals surface area (Å²) in [5.74, 6) is 0. The SMILES string of the molecule is [2H]c1c([2H])c([2H])c2c(oc3c([2H])c([2H])c4c([2H])c([2H])c([2H])c([2H])c4c32)c1-c1c([2H])c([2H])c([2H])c2c(-c3c4c([2H])c([2H])c([2H])c([2H])c4c(-c4c([2H])c([2H])c([2H])c5c([2H])c([2H])c([2H])c([2H])c45)c4c([2H])c([2H])c([2H])c([2H])c34)c([2H])c([2H])c([2H])c12. The molecule has 0 saturated carbocycles. The zero-order chi connectivity index (χ0) is 59.6.